The number of carbonyl (C=O) groups excluding carboxylic acids is 1. The zero-order valence-corrected chi connectivity index (χ0v) is 11.1. The van der Waals surface area contributed by atoms with Crippen LogP contribution in [-0.2, 0) is 4.79 Å². The Hall–Kier alpha value is -2.39. The van der Waals surface area contributed by atoms with Gasteiger partial charge in [-0.1, -0.05) is 0 Å². The maximum absolute atomic E-state index is 11.7. The number of hydrogen-bond acceptors (Lipinski definition) is 5. The third kappa shape index (κ3) is 3.79. The van der Waals surface area contributed by atoms with Gasteiger partial charge >= 0.3 is 0 Å². The fourth-order valence-electron chi connectivity index (χ4n) is 1.42. The Morgan fingerprint density at radius 2 is 2.16 bits per heavy atom. The zero-order chi connectivity index (χ0) is 13.7. The first-order valence-corrected chi connectivity index (χ1v) is 6.51. The molecule has 0 atom stereocenters. The number of nitriles is 1. The lowest BCUT2D eigenvalue weighted by molar-refractivity contribution is -0.114. The van der Waals surface area contributed by atoms with E-state index in [9.17, 15) is 4.79 Å². The normalized spacial score (nSPS) is 9.68. The Bertz CT molecular complexity index is 612. The second kappa shape index (κ2) is 5.98. The highest BCUT2D eigenvalue weighted by atomic mass is 32.1. The summed E-state index contributed by atoms with van der Waals surface area (Å²) in [5.41, 5.74) is 2.28. The standard InChI is InChI=1S/C13H12N4OS/c1-9-8-19-13(16-9)17-12(18)7-15-11-4-2-10(6-14)3-5-11/h2-5,8,15H,7H2,1H3,(H,16,17,18). The number of rotatable bonds is 4. The van der Waals surface area contributed by atoms with Crippen molar-refractivity contribution < 1.29 is 4.79 Å². The van der Waals surface area contributed by atoms with E-state index in [2.05, 4.69) is 15.6 Å². The first kappa shape index (κ1) is 13.1. The predicted molar refractivity (Wildman–Crippen MR) is 75.1 cm³/mol. The van der Waals surface area contributed by atoms with Gasteiger partial charge < -0.3 is 10.6 Å². The first-order valence-electron chi connectivity index (χ1n) is 5.63. The predicted octanol–water partition coefficient (Wildman–Crippen LogP) is 2.37. The van der Waals surface area contributed by atoms with Crippen molar-refractivity contribution in [2.45, 2.75) is 6.92 Å². The van der Waals surface area contributed by atoms with Gasteiger partial charge in [0.2, 0.25) is 5.91 Å². The number of benzene rings is 1. The highest BCUT2D eigenvalue weighted by Crippen LogP contribution is 2.14. The molecule has 96 valence electrons. The molecule has 2 rings (SSSR count). The van der Waals surface area contributed by atoms with Crippen LogP contribution in [0.1, 0.15) is 11.3 Å². The van der Waals surface area contributed by atoms with Crippen molar-refractivity contribution in [2.24, 2.45) is 0 Å². The van der Waals surface area contributed by atoms with Crippen LogP contribution < -0.4 is 10.6 Å². The van der Waals surface area contributed by atoms with E-state index in [1.165, 1.54) is 11.3 Å². The molecule has 0 aliphatic carbocycles. The fraction of sp³-hybridized carbons (Fsp3) is 0.154. The molecular formula is C13H12N4OS. The summed E-state index contributed by atoms with van der Waals surface area (Å²) in [6.07, 6.45) is 0. The molecular weight excluding hydrogens is 260 g/mol. The zero-order valence-electron chi connectivity index (χ0n) is 10.3. The van der Waals surface area contributed by atoms with Crippen molar-refractivity contribution in [3.63, 3.8) is 0 Å². The number of aryl methyl sites for hydroxylation is 1. The Morgan fingerprint density at radius 3 is 2.74 bits per heavy atom. The van der Waals surface area contributed by atoms with Crippen molar-refractivity contribution in [1.82, 2.24) is 4.98 Å². The van der Waals surface area contributed by atoms with Gasteiger partial charge in [0.25, 0.3) is 0 Å². The van der Waals surface area contributed by atoms with Crippen LogP contribution >= 0.6 is 11.3 Å². The lowest BCUT2D eigenvalue weighted by atomic mass is 10.2. The van der Waals surface area contributed by atoms with Gasteiger partial charge in [0.1, 0.15) is 0 Å². The number of hydrogen-bond donors (Lipinski definition) is 2. The average molecular weight is 272 g/mol. The molecule has 0 aliphatic heterocycles. The highest BCUT2D eigenvalue weighted by Gasteiger charge is 2.04. The summed E-state index contributed by atoms with van der Waals surface area (Å²) in [7, 11) is 0. The number of nitrogens with one attached hydrogen (secondary N) is 2. The highest BCUT2D eigenvalue weighted by molar-refractivity contribution is 7.13. The van der Waals surface area contributed by atoms with E-state index in [0.717, 1.165) is 11.4 Å². The van der Waals surface area contributed by atoms with Gasteiger partial charge in [-0.3, -0.25) is 4.79 Å². The van der Waals surface area contributed by atoms with Crippen LogP contribution in [0.2, 0.25) is 0 Å². The van der Waals surface area contributed by atoms with E-state index in [4.69, 9.17) is 5.26 Å². The molecule has 2 aromatic rings. The van der Waals surface area contributed by atoms with E-state index in [0.29, 0.717) is 10.7 Å². The van der Waals surface area contributed by atoms with Crippen molar-refractivity contribution in [3.05, 3.63) is 40.9 Å². The maximum atomic E-state index is 11.7. The Balaban J connectivity index is 1.84. The van der Waals surface area contributed by atoms with Crippen LogP contribution in [-0.4, -0.2) is 17.4 Å². The molecule has 0 saturated heterocycles. The summed E-state index contributed by atoms with van der Waals surface area (Å²) < 4.78 is 0. The van der Waals surface area contributed by atoms with Crippen LogP contribution in [0.15, 0.2) is 29.6 Å². The minimum Gasteiger partial charge on any atom is -0.376 e. The summed E-state index contributed by atoms with van der Waals surface area (Å²) in [5.74, 6) is -0.154. The van der Waals surface area contributed by atoms with E-state index >= 15 is 0 Å². The molecule has 19 heavy (non-hydrogen) atoms. The Kier molecular flexibility index (Phi) is 4.11. The van der Waals surface area contributed by atoms with E-state index in [1.807, 2.05) is 18.4 Å². The molecule has 2 N–H and O–H groups in total. The minimum atomic E-state index is -0.154. The van der Waals surface area contributed by atoms with E-state index in [-0.39, 0.29) is 12.5 Å². The third-order valence-electron chi connectivity index (χ3n) is 2.33. The summed E-state index contributed by atoms with van der Waals surface area (Å²) >= 11 is 1.40. The van der Waals surface area contributed by atoms with Crippen molar-refractivity contribution in [1.29, 1.82) is 5.26 Å². The van der Waals surface area contributed by atoms with Crippen LogP contribution in [0.5, 0.6) is 0 Å². The molecule has 0 bridgehead atoms. The van der Waals surface area contributed by atoms with Crippen LogP contribution in [0.3, 0.4) is 0 Å². The number of anilines is 2. The lowest BCUT2D eigenvalue weighted by Gasteiger charge is -2.05. The van der Waals surface area contributed by atoms with E-state index in [1.54, 1.807) is 24.3 Å². The number of thiazole rings is 1. The summed E-state index contributed by atoms with van der Waals surface area (Å²) in [6, 6.07) is 8.96. The number of carbonyl (C=O) groups is 1. The second-order valence-electron chi connectivity index (χ2n) is 3.88. The quantitative estimate of drug-likeness (QED) is 0.895. The molecule has 0 saturated carbocycles. The van der Waals surface area contributed by atoms with Gasteiger partial charge in [0.05, 0.1) is 23.9 Å². The topological polar surface area (TPSA) is 77.8 Å². The average Bonchev–Trinajstić information content (AvgIpc) is 2.82. The number of amides is 1. The van der Waals surface area contributed by atoms with Crippen molar-refractivity contribution >= 4 is 28.1 Å². The minimum absolute atomic E-state index is 0.154. The molecule has 5 nitrogen and oxygen atoms in total. The Morgan fingerprint density at radius 1 is 1.42 bits per heavy atom. The van der Waals surface area contributed by atoms with Gasteiger partial charge in [-0.15, -0.1) is 11.3 Å². The summed E-state index contributed by atoms with van der Waals surface area (Å²) in [4.78, 5) is 15.8. The van der Waals surface area contributed by atoms with Crippen LogP contribution in [0, 0.1) is 18.3 Å². The molecule has 1 heterocycles. The van der Waals surface area contributed by atoms with Gasteiger partial charge in [0, 0.05) is 11.1 Å². The molecule has 1 aromatic heterocycles. The molecule has 0 fully saturated rings. The largest absolute Gasteiger partial charge is 0.376 e. The maximum Gasteiger partial charge on any atom is 0.245 e. The second-order valence-corrected chi connectivity index (χ2v) is 4.74. The van der Waals surface area contributed by atoms with Gasteiger partial charge in [-0.05, 0) is 31.2 Å². The fourth-order valence-corrected chi connectivity index (χ4v) is 2.12. The monoisotopic (exact) mass is 272 g/mol. The van der Waals surface area contributed by atoms with E-state index < -0.39 is 0 Å². The smallest absolute Gasteiger partial charge is 0.245 e. The molecule has 1 aromatic carbocycles. The van der Waals surface area contributed by atoms with Gasteiger partial charge in [0.15, 0.2) is 5.13 Å². The summed E-state index contributed by atoms with van der Waals surface area (Å²) in [5, 5.41) is 16.8. The molecule has 0 spiro atoms. The van der Waals surface area contributed by atoms with Gasteiger partial charge in [-0.25, -0.2) is 4.98 Å². The van der Waals surface area contributed by atoms with Crippen LogP contribution in [0.4, 0.5) is 10.8 Å². The van der Waals surface area contributed by atoms with Crippen molar-refractivity contribution in [2.75, 3.05) is 17.2 Å². The van der Waals surface area contributed by atoms with Crippen LogP contribution in [0.25, 0.3) is 0 Å². The van der Waals surface area contributed by atoms with Crippen molar-refractivity contribution in [3.8, 4) is 6.07 Å². The molecule has 0 aliphatic rings. The van der Waals surface area contributed by atoms with Gasteiger partial charge in [-0.2, -0.15) is 5.26 Å². The SMILES string of the molecule is Cc1csc(NC(=O)CNc2ccc(C#N)cc2)n1. The third-order valence-corrected chi connectivity index (χ3v) is 3.21. The lowest BCUT2D eigenvalue weighted by Crippen LogP contribution is -2.21. The molecule has 1 amide bonds. The number of nitrogens with zero attached hydrogens (tertiary/aromatic N) is 2. The molecule has 6 heteroatoms. The molecule has 0 radical (unpaired) electrons. The number of aromatic nitrogens is 1. The summed E-state index contributed by atoms with van der Waals surface area (Å²) in [6.45, 7) is 2.03. The molecule has 0 unspecified atom stereocenters. The first-order chi connectivity index (χ1) is 9.17. The Labute approximate surface area is 114 Å².